The van der Waals surface area contributed by atoms with Gasteiger partial charge >= 0.3 is 6.18 Å². The first-order chi connectivity index (χ1) is 10.8. The van der Waals surface area contributed by atoms with Crippen molar-refractivity contribution in [3.8, 4) is 11.5 Å². The summed E-state index contributed by atoms with van der Waals surface area (Å²) >= 11 is 5.53. The summed E-state index contributed by atoms with van der Waals surface area (Å²) in [5, 5.41) is 9.80. The van der Waals surface area contributed by atoms with E-state index in [0.29, 0.717) is 11.3 Å². The molecule has 8 heteroatoms. The largest absolute Gasteiger partial charge is 0.457 e. The normalized spacial score (nSPS) is 11.7. The van der Waals surface area contributed by atoms with Crippen LogP contribution in [0.3, 0.4) is 0 Å². The Hall–Kier alpha value is -2.54. The lowest BCUT2D eigenvalue weighted by Gasteiger charge is -2.11. The maximum Gasteiger partial charge on any atom is 0.417 e. The molecular weight excluding hydrogens is 335 g/mol. The van der Waals surface area contributed by atoms with Crippen molar-refractivity contribution in [2.45, 2.75) is 6.18 Å². The number of alkyl halides is 3. The van der Waals surface area contributed by atoms with Crippen molar-refractivity contribution in [3.63, 3.8) is 0 Å². The molecular formula is C15H9ClF3NO3. The van der Waals surface area contributed by atoms with Gasteiger partial charge < -0.3 is 4.74 Å². The highest BCUT2D eigenvalue weighted by molar-refractivity contribution is 6.31. The van der Waals surface area contributed by atoms with E-state index < -0.39 is 21.7 Å². The first-order valence-electron chi connectivity index (χ1n) is 6.22. The molecule has 0 bridgehead atoms. The Morgan fingerprint density at radius 2 is 1.70 bits per heavy atom. The Morgan fingerprint density at radius 3 is 2.26 bits per heavy atom. The molecule has 0 atom stereocenters. The summed E-state index contributed by atoms with van der Waals surface area (Å²) in [5.41, 5.74) is -0.427. The van der Waals surface area contributed by atoms with Crippen LogP contribution in [-0.2, 0) is 6.18 Å². The highest BCUT2D eigenvalue weighted by Gasteiger charge is 2.33. The lowest BCUT2D eigenvalue weighted by molar-refractivity contribution is -0.400. The highest BCUT2D eigenvalue weighted by Crippen LogP contribution is 2.37. The summed E-state index contributed by atoms with van der Waals surface area (Å²) in [6.45, 7) is 0. The SMILES string of the molecule is O=[N+]([O-])/C=C/c1ccc(Oc2ccc(Cl)c(C(F)(F)F)c2)cc1. The monoisotopic (exact) mass is 343 g/mol. The zero-order chi connectivity index (χ0) is 17.0. The summed E-state index contributed by atoms with van der Waals surface area (Å²) < 4.78 is 43.6. The van der Waals surface area contributed by atoms with Gasteiger partial charge in [-0.3, -0.25) is 10.1 Å². The molecule has 2 aromatic carbocycles. The van der Waals surface area contributed by atoms with E-state index in [1.165, 1.54) is 36.4 Å². The number of halogens is 4. The number of ether oxygens (including phenoxy) is 1. The molecule has 2 aromatic rings. The second-order valence-electron chi connectivity index (χ2n) is 4.41. The fourth-order valence-electron chi connectivity index (χ4n) is 1.72. The van der Waals surface area contributed by atoms with Crippen molar-refractivity contribution < 1.29 is 22.8 Å². The number of benzene rings is 2. The van der Waals surface area contributed by atoms with Crippen LogP contribution in [0.1, 0.15) is 11.1 Å². The van der Waals surface area contributed by atoms with E-state index in [-0.39, 0.29) is 5.75 Å². The summed E-state index contributed by atoms with van der Waals surface area (Å²) in [6, 6.07) is 9.28. The van der Waals surface area contributed by atoms with E-state index in [1.807, 2.05) is 0 Å². The van der Waals surface area contributed by atoms with Crippen LogP contribution in [0.2, 0.25) is 5.02 Å². The molecule has 0 radical (unpaired) electrons. The van der Waals surface area contributed by atoms with Gasteiger partial charge in [-0.25, -0.2) is 0 Å². The third-order valence-corrected chi connectivity index (χ3v) is 3.08. The number of hydrogen-bond donors (Lipinski definition) is 0. The van der Waals surface area contributed by atoms with Crippen LogP contribution in [-0.4, -0.2) is 4.92 Å². The fraction of sp³-hybridized carbons (Fsp3) is 0.0667. The molecule has 0 fully saturated rings. The van der Waals surface area contributed by atoms with E-state index in [0.717, 1.165) is 18.3 Å². The molecule has 120 valence electrons. The van der Waals surface area contributed by atoms with Gasteiger partial charge in [0.2, 0.25) is 6.20 Å². The maximum absolute atomic E-state index is 12.8. The molecule has 0 N–H and O–H groups in total. The third kappa shape index (κ3) is 4.72. The number of hydrogen-bond acceptors (Lipinski definition) is 3. The van der Waals surface area contributed by atoms with Crippen LogP contribution in [0.25, 0.3) is 6.08 Å². The molecule has 23 heavy (non-hydrogen) atoms. The summed E-state index contributed by atoms with van der Waals surface area (Å²) in [5.74, 6) is 0.272. The second-order valence-corrected chi connectivity index (χ2v) is 4.82. The van der Waals surface area contributed by atoms with Crippen LogP contribution in [0, 0.1) is 10.1 Å². The maximum atomic E-state index is 12.8. The quantitative estimate of drug-likeness (QED) is 0.551. The Labute approximate surface area is 133 Å². The van der Waals surface area contributed by atoms with Crippen LogP contribution in [0.15, 0.2) is 48.7 Å². The molecule has 0 saturated heterocycles. The van der Waals surface area contributed by atoms with Gasteiger partial charge in [0.1, 0.15) is 11.5 Å². The summed E-state index contributed by atoms with van der Waals surface area (Å²) in [4.78, 5) is 9.61. The minimum Gasteiger partial charge on any atom is -0.457 e. The lowest BCUT2D eigenvalue weighted by Crippen LogP contribution is -2.05. The molecule has 0 spiro atoms. The van der Waals surface area contributed by atoms with E-state index in [9.17, 15) is 23.3 Å². The molecule has 2 rings (SSSR count). The molecule has 0 aliphatic rings. The van der Waals surface area contributed by atoms with Crippen molar-refractivity contribution in [2.24, 2.45) is 0 Å². The Bertz CT molecular complexity index is 743. The third-order valence-electron chi connectivity index (χ3n) is 2.75. The van der Waals surface area contributed by atoms with Gasteiger partial charge in [0, 0.05) is 6.08 Å². The zero-order valence-corrected chi connectivity index (χ0v) is 12.1. The van der Waals surface area contributed by atoms with Crippen molar-refractivity contribution in [3.05, 3.63) is 74.9 Å². The van der Waals surface area contributed by atoms with Crippen LogP contribution < -0.4 is 4.74 Å². The molecule has 0 aromatic heterocycles. The van der Waals surface area contributed by atoms with Gasteiger partial charge in [-0.05, 0) is 35.9 Å². The molecule has 0 aliphatic heterocycles. The van der Waals surface area contributed by atoms with E-state index >= 15 is 0 Å². The van der Waals surface area contributed by atoms with Gasteiger partial charge in [0.05, 0.1) is 15.5 Å². The molecule has 0 heterocycles. The summed E-state index contributed by atoms with van der Waals surface area (Å²) in [7, 11) is 0. The fourth-order valence-corrected chi connectivity index (χ4v) is 1.94. The van der Waals surface area contributed by atoms with Gasteiger partial charge in [0.15, 0.2) is 0 Å². The number of rotatable bonds is 4. The minimum absolute atomic E-state index is 0.0182. The lowest BCUT2D eigenvalue weighted by atomic mass is 10.2. The van der Waals surface area contributed by atoms with E-state index in [4.69, 9.17) is 16.3 Å². The van der Waals surface area contributed by atoms with Crippen molar-refractivity contribution in [2.75, 3.05) is 0 Å². The second kappa shape index (κ2) is 6.70. The number of nitro groups is 1. The zero-order valence-electron chi connectivity index (χ0n) is 11.4. The smallest absolute Gasteiger partial charge is 0.417 e. The van der Waals surface area contributed by atoms with Crippen LogP contribution >= 0.6 is 11.6 Å². The molecule has 0 amide bonds. The van der Waals surface area contributed by atoms with Gasteiger partial charge in [-0.1, -0.05) is 23.7 Å². The standard InChI is InChI=1S/C15H9ClF3NO3/c16-14-6-5-12(9-13(14)15(17,18)19)23-11-3-1-10(2-4-11)7-8-20(21)22/h1-9H/b8-7+. The van der Waals surface area contributed by atoms with Gasteiger partial charge in [-0.15, -0.1) is 0 Å². The van der Waals surface area contributed by atoms with Gasteiger partial charge in [-0.2, -0.15) is 13.2 Å². The summed E-state index contributed by atoms with van der Waals surface area (Å²) in [6.07, 6.45) is -2.51. The van der Waals surface area contributed by atoms with E-state index in [1.54, 1.807) is 0 Å². The first kappa shape index (κ1) is 16.8. The Kier molecular flexibility index (Phi) is 4.90. The average molecular weight is 344 g/mol. The van der Waals surface area contributed by atoms with E-state index in [2.05, 4.69) is 0 Å². The van der Waals surface area contributed by atoms with Crippen molar-refractivity contribution >= 4 is 17.7 Å². The predicted octanol–water partition coefficient (Wildman–Crippen LogP) is 5.40. The number of nitrogens with zero attached hydrogens (tertiary/aromatic N) is 1. The minimum atomic E-state index is -4.58. The molecule has 0 aliphatic carbocycles. The Balaban J connectivity index is 2.18. The molecule has 0 unspecified atom stereocenters. The highest BCUT2D eigenvalue weighted by atomic mass is 35.5. The topological polar surface area (TPSA) is 52.4 Å². The van der Waals surface area contributed by atoms with Crippen LogP contribution in [0.4, 0.5) is 13.2 Å². The van der Waals surface area contributed by atoms with Crippen molar-refractivity contribution in [1.29, 1.82) is 0 Å². The Morgan fingerprint density at radius 1 is 1.09 bits per heavy atom. The van der Waals surface area contributed by atoms with Crippen molar-refractivity contribution in [1.82, 2.24) is 0 Å². The average Bonchev–Trinajstić information content (AvgIpc) is 2.47. The predicted molar refractivity (Wildman–Crippen MR) is 79.0 cm³/mol. The first-order valence-corrected chi connectivity index (χ1v) is 6.60. The van der Waals surface area contributed by atoms with Gasteiger partial charge in [0.25, 0.3) is 0 Å². The molecule has 4 nitrogen and oxygen atoms in total. The molecule has 0 saturated carbocycles. The van der Waals surface area contributed by atoms with Crippen LogP contribution in [0.5, 0.6) is 11.5 Å².